The molecule has 2 N–H and O–H groups in total. The van der Waals surface area contributed by atoms with E-state index in [9.17, 15) is 4.79 Å². The van der Waals surface area contributed by atoms with Crippen LogP contribution in [0.15, 0.2) is 28.7 Å². The van der Waals surface area contributed by atoms with Crippen LogP contribution in [0.25, 0.3) is 0 Å². The van der Waals surface area contributed by atoms with Gasteiger partial charge in [-0.3, -0.25) is 4.79 Å². The van der Waals surface area contributed by atoms with Crippen molar-refractivity contribution in [3.8, 4) is 0 Å². The summed E-state index contributed by atoms with van der Waals surface area (Å²) in [4.78, 5) is 12.2. The number of rotatable bonds is 3. The number of piperidine rings is 1. The number of amides is 1. The molecule has 1 saturated heterocycles. The van der Waals surface area contributed by atoms with Crippen LogP contribution in [0.5, 0.6) is 0 Å². The largest absolute Gasteiger partial charge is 0.352 e. The average Bonchev–Trinajstić information content (AvgIpc) is 3.12. The lowest BCUT2D eigenvalue weighted by molar-refractivity contribution is -0.123. The van der Waals surface area contributed by atoms with Gasteiger partial charge in [0, 0.05) is 16.9 Å². The van der Waals surface area contributed by atoms with Crippen molar-refractivity contribution in [2.45, 2.75) is 25.8 Å². The highest BCUT2D eigenvalue weighted by atomic mass is 79.9. The van der Waals surface area contributed by atoms with Gasteiger partial charge in [0.2, 0.25) is 5.91 Å². The zero-order chi connectivity index (χ0) is 13.3. The monoisotopic (exact) mass is 322 g/mol. The van der Waals surface area contributed by atoms with Crippen LogP contribution in [0.1, 0.15) is 24.8 Å². The van der Waals surface area contributed by atoms with Crippen molar-refractivity contribution in [3.05, 3.63) is 34.3 Å². The van der Waals surface area contributed by atoms with Crippen LogP contribution < -0.4 is 10.6 Å². The van der Waals surface area contributed by atoms with Gasteiger partial charge >= 0.3 is 0 Å². The summed E-state index contributed by atoms with van der Waals surface area (Å²) < 4.78 is 1.07. The first kappa shape index (κ1) is 13.1. The van der Waals surface area contributed by atoms with Gasteiger partial charge < -0.3 is 10.6 Å². The normalized spacial score (nSPS) is 24.2. The van der Waals surface area contributed by atoms with Gasteiger partial charge in [-0.15, -0.1) is 0 Å². The molecule has 2 fully saturated rings. The second-order valence-electron chi connectivity index (χ2n) is 5.71. The molecule has 1 heterocycles. The highest BCUT2D eigenvalue weighted by Gasteiger charge is 2.57. The lowest BCUT2D eigenvalue weighted by atomic mass is 9.92. The van der Waals surface area contributed by atoms with Crippen LogP contribution in [0.3, 0.4) is 0 Å². The van der Waals surface area contributed by atoms with Gasteiger partial charge in [-0.25, -0.2) is 0 Å². The number of carbonyl (C=O) groups is 1. The van der Waals surface area contributed by atoms with E-state index in [2.05, 4.69) is 26.6 Å². The Morgan fingerprint density at radius 1 is 1.32 bits per heavy atom. The van der Waals surface area contributed by atoms with Crippen LogP contribution in [0.4, 0.5) is 0 Å². The van der Waals surface area contributed by atoms with Crippen molar-refractivity contribution in [1.29, 1.82) is 0 Å². The lowest BCUT2D eigenvalue weighted by Gasteiger charge is -2.23. The van der Waals surface area contributed by atoms with Gasteiger partial charge in [-0.05, 0) is 55.5 Å². The molecular weight excluding hydrogens is 304 g/mol. The van der Waals surface area contributed by atoms with Gasteiger partial charge in [0.1, 0.15) is 0 Å². The first-order valence-corrected chi connectivity index (χ1v) is 7.72. The van der Waals surface area contributed by atoms with Crippen molar-refractivity contribution in [1.82, 2.24) is 10.6 Å². The Balaban J connectivity index is 1.51. The maximum atomic E-state index is 12.2. The summed E-state index contributed by atoms with van der Waals surface area (Å²) in [6.07, 6.45) is 3.40. The number of carbonyl (C=O) groups excluding carboxylic acids is 1. The van der Waals surface area contributed by atoms with Crippen LogP contribution in [0, 0.1) is 11.3 Å². The van der Waals surface area contributed by atoms with Crippen molar-refractivity contribution in [3.63, 3.8) is 0 Å². The molecule has 1 aromatic carbocycles. The molecule has 1 amide bonds. The Kier molecular flexibility index (Phi) is 3.63. The van der Waals surface area contributed by atoms with E-state index in [4.69, 9.17) is 0 Å². The molecule has 3 nitrogen and oxygen atoms in total. The van der Waals surface area contributed by atoms with Gasteiger partial charge in [0.15, 0.2) is 0 Å². The molecule has 1 aromatic rings. The third-order valence-electron chi connectivity index (χ3n) is 4.49. The van der Waals surface area contributed by atoms with E-state index < -0.39 is 0 Å². The minimum absolute atomic E-state index is 0.241. The van der Waals surface area contributed by atoms with Crippen molar-refractivity contribution in [2.24, 2.45) is 11.3 Å². The zero-order valence-electron chi connectivity index (χ0n) is 10.9. The molecule has 0 radical (unpaired) electrons. The molecule has 1 spiro atoms. The van der Waals surface area contributed by atoms with Crippen LogP contribution in [-0.2, 0) is 11.3 Å². The van der Waals surface area contributed by atoms with Gasteiger partial charge in [0.25, 0.3) is 0 Å². The summed E-state index contributed by atoms with van der Waals surface area (Å²) in [6, 6.07) is 8.09. The number of halogens is 1. The quantitative estimate of drug-likeness (QED) is 0.897. The summed E-state index contributed by atoms with van der Waals surface area (Å²) in [5, 5.41) is 6.44. The molecule has 1 aliphatic heterocycles. The molecule has 19 heavy (non-hydrogen) atoms. The highest BCUT2D eigenvalue weighted by molar-refractivity contribution is 9.10. The van der Waals surface area contributed by atoms with E-state index in [0.29, 0.717) is 12.0 Å². The number of nitrogens with one attached hydrogen (secondary N) is 2. The zero-order valence-corrected chi connectivity index (χ0v) is 12.5. The average molecular weight is 323 g/mol. The highest BCUT2D eigenvalue weighted by Crippen LogP contribution is 2.58. The summed E-state index contributed by atoms with van der Waals surface area (Å²) >= 11 is 3.41. The topological polar surface area (TPSA) is 41.1 Å². The molecule has 3 rings (SSSR count). The summed E-state index contributed by atoms with van der Waals surface area (Å²) in [6.45, 7) is 2.77. The van der Waals surface area contributed by atoms with Crippen LogP contribution in [0.2, 0.25) is 0 Å². The first-order chi connectivity index (χ1) is 9.20. The number of benzene rings is 1. The van der Waals surface area contributed by atoms with Gasteiger partial charge in [-0.2, -0.15) is 0 Å². The van der Waals surface area contributed by atoms with E-state index in [-0.39, 0.29) is 11.8 Å². The molecule has 0 aromatic heterocycles. The lowest BCUT2D eigenvalue weighted by Crippen LogP contribution is -2.33. The summed E-state index contributed by atoms with van der Waals surface area (Å²) in [5.74, 6) is 0.495. The molecule has 1 unspecified atom stereocenters. The SMILES string of the molecule is O=C(NCc1ccc(Br)cc1)C1CC12CCNCC2. The molecular formula is C15H19BrN2O. The molecule has 2 aliphatic rings. The Morgan fingerprint density at radius 3 is 2.68 bits per heavy atom. The second kappa shape index (κ2) is 5.25. The van der Waals surface area contributed by atoms with E-state index in [1.54, 1.807) is 0 Å². The van der Waals surface area contributed by atoms with Crippen molar-refractivity contribution in [2.75, 3.05) is 13.1 Å². The molecule has 1 aliphatic carbocycles. The van der Waals surface area contributed by atoms with Gasteiger partial charge in [0.05, 0.1) is 0 Å². The Hall–Kier alpha value is -0.870. The van der Waals surface area contributed by atoms with Crippen LogP contribution >= 0.6 is 15.9 Å². The van der Waals surface area contributed by atoms with E-state index in [1.165, 1.54) is 0 Å². The molecule has 102 valence electrons. The third kappa shape index (κ3) is 2.84. The molecule has 1 saturated carbocycles. The maximum absolute atomic E-state index is 12.2. The Labute approximate surface area is 122 Å². The minimum Gasteiger partial charge on any atom is -0.352 e. The standard InChI is InChI=1S/C15H19BrN2O/c16-12-3-1-11(2-4-12)10-18-14(19)13-9-15(13)5-7-17-8-6-15/h1-4,13,17H,5-10H2,(H,18,19). The second-order valence-corrected chi connectivity index (χ2v) is 6.63. The minimum atomic E-state index is 0.241. The number of hydrogen-bond acceptors (Lipinski definition) is 2. The maximum Gasteiger partial charge on any atom is 0.223 e. The smallest absolute Gasteiger partial charge is 0.223 e. The van der Waals surface area contributed by atoms with Gasteiger partial charge in [-0.1, -0.05) is 28.1 Å². The fraction of sp³-hybridized carbons (Fsp3) is 0.533. The number of hydrogen-bond donors (Lipinski definition) is 2. The predicted molar refractivity (Wildman–Crippen MR) is 78.6 cm³/mol. The fourth-order valence-corrected chi connectivity index (χ4v) is 3.37. The molecule has 4 heteroatoms. The van der Waals surface area contributed by atoms with Crippen molar-refractivity contribution >= 4 is 21.8 Å². The van der Waals surface area contributed by atoms with Crippen molar-refractivity contribution < 1.29 is 4.79 Å². The Bertz CT molecular complexity index is 466. The Morgan fingerprint density at radius 2 is 2.00 bits per heavy atom. The molecule has 1 atom stereocenters. The fourth-order valence-electron chi connectivity index (χ4n) is 3.11. The summed E-state index contributed by atoms with van der Waals surface area (Å²) in [7, 11) is 0. The first-order valence-electron chi connectivity index (χ1n) is 6.92. The van der Waals surface area contributed by atoms with E-state index >= 15 is 0 Å². The summed E-state index contributed by atoms with van der Waals surface area (Å²) in [5.41, 5.74) is 1.48. The third-order valence-corrected chi connectivity index (χ3v) is 5.01. The van der Waals surface area contributed by atoms with E-state index in [1.807, 2.05) is 24.3 Å². The molecule has 0 bridgehead atoms. The van der Waals surface area contributed by atoms with E-state index in [0.717, 1.165) is 42.4 Å². The predicted octanol–water partition coefficient (Wildman–Crippen LogP) is 2.46. The van der Waals surface area contributed by atoms with Crippen LogP contribution in [-0.4, -0.2) is 19.0 Å².